The van der Waals surface area contributed by atoms with Gasteiger partial charge in [-0.2, -0.15) is 17.4 Å². The monoisotopic (exact) mass is 349 g/mol. The van der Waals surface area contributed by atoms with E-state index in [1.54, 1.807) is 7.05 Å². The summed E-state index contributed by atoms with van der Waals surface area (Å²) in [7, 11) is 0.00731. The van der Waals surface area contributed by atoms with E-state index >= 15 is 0 Å². The third-order valence-corrected chi connectivity index (χ3v) is 5.00. The predicted molar refractivity (Wildman–Crippen MR) is 81.1 cm³/mol. The molecule has 0 aliphatic heterocycles. The van der Waals surface area contributed by atoms with Gasteiger partial charge in [-0.05, 0) is 31.6 Å². The Hall–Kier alpha value is -0.470. The molecule has 0 bridgehead atoms. The normalized spacial score (nSPS) is 12.0. The van der Waals surface area contributed by atoms with E-state index in [0.717, 1.165) is 23.0 Å². The van der Waals surface area contributed by atoms with Crippen LogP contribution in [-0.2, 0) is 16.8 Å². The molecule has 108 valence electrons. The zero-order chi connectivity index (χ0) is 14.3. The molecule has 0 aliphatic carbocycles. The number of halogens is 1. The first kappa shape index (κ1) is 16.6. The van der Waals surface area contributed by atoms with Crippen LogP contribution < -0.4 is 10.0 Å². The standard InChI is InChI=1S/C12H20BrN3O2S/c1-14-8-5-9-16(2)19(17,18)15-10-11-6-3-4-7-12(11)13/h3-4,6-7,14-15H,5,8-10H2,1-2H3. The van der Waals surface area contributed by atoms with Crippen molar-refractivity contribution in [3.8, 4) is 0 Å². The minimum absolute atomic E-state index is 0.278. The first-order chi connectivity index (χ1) is 8.97. The summed E-state index contributed by atoms with van der Waals surface area (Å²) in [5.41, 5.74) is 0.912. The van der Waals surface area contributed by atoms with Gasteiger partial charge in [0.2, 0.25) is 0 Å². The Balaban J connectivity index is 2.53. The molecule has 5 nitrogen and oxygen atoms in total. The van der Waals surface area contributed by atoms with Crippen molar-refractivity contribution in [3.63, 3.8) is 0 Å². The van der Waals surface area contributed by atoms with E-state index in [1.807, 2.05) is 31.3 Å². The van der Waals surface area contributed by atoms with E-state index < -0.39 is 10.2 Å². The van der Waals surface area contributed by atoms with Gasteiger partial charge in [-0.3, -0.25) is 0 Å². The van der Waals surface area contributed by atoms with Gasteiger partial charge >= 0.3 is 0 Å². The van der Waals surface area contributed by atoms with Crippen LogP contribution in [0.2, 0.25) is 0 Å². The number of benzene rings is 1. The van der Waals surface area contributed by atoms with E-state index in [4.69, 9.17) is 0 Å². The maximum Gasteiger partial charge on any atom is 0.279 e. The van der Waals surface area contributed by atoms with Crippen LogP contribution >= 0.6 is 15.9 Å². The molecule has 1 aromatic rings. The number of rotatable bonds is 8. The number of nitrogens with zero attached hydrogens (tertiary/aromatic N) is 1. The van der Waals surface area contributed by atoms with Crippen LogP contribution in [-0.4, -0.2) is 39.9 Å². The first-order valence-corrected chi connectivity index (χ1v) is 8.29. The molecule has 0 aliphatic rings. The lowest BCUT2D eigenvalue weighted by Crippen LogP contribution is -2.39. The molecular weight excluding hydrogens is 330 g/mol. The Morgan fingerprint density at radius 3 is 2.63 bits per heavy atom. The quantitative estimate of drug-likeness (QED) is 0.696. The molecule has 7 heteroatoms. The second-order valence-corrected chi connectivity index (χ2v) is 6.91. The molecule has 19 heavy (non-hydrogen) atoms. The van der Waals surface area contributed by atoms with E-state index in [0.29, 0.717) is 6.54 Å². The van der Waals surface area contributed by atoms with Crippen LogP contribution in [0.15, 0.2) is 28.7 Å². The first-order valence-electron chi connectivity index (χ1n) is 6.06. The summed E-state index contributed by atoms with van der Waals surface area (Å²) in [6.45, 7) is 1.57. The molecule has 0 fully saturated rings. The van der Waals surface area contributed by atoms with Gasteiger partial charge in [0, 0.05) is 24.6 Å². The largest absolute Gasteiger partial charge is 0.320 e. The molecule has 0 aromatic heterocycles. The highest BCUT2D eigenvalue weighted by atomic mass is 79.9. The van der Waals surface area contributed by atoms with Crippen molar-refractivity contribution in [1.82, 2.24) is 14.3 Å². The van der Waals surface area contributed by atoms with Crippen molar-refractivity contribution in [2.24, 2.45) is 0 Å². The Morgan fingerprint density at radius 2 is 2.00 bits per heavy atom. The second-order valence-electron chi connectivity index (χ2n) is 4.20. The summed E-state index contributed by atoms with van der Waals surface area (Å²) < 4.78 is 28.8. The summed E-state index contributed by atoms with van der Waals surface area (Å²) in [6, 6.07) is 7.55. The van der Waals surface area contributed by atoms with Crippen LogP contribution in [0.25, 0.3) is 0 Å². The van der Waals surface area contributed by atoms with Crippen LogP contribution in [0.3, 0.4) is 0 Å². The van der Waals surface area contributed by atoms with Gasteiger partial charge < -0.3 is 5.32 Å². The van der Waals surface area contributed by atoms with Crippen LogP contribution in [0, 0.1) is 0 Å². The summed E-state index contributed by atoms with van der Waals surface area (Å²) in [5.74, 6) is 0. The Labute approximate surface area is 123 Å². The maximum absolute atomic E-state index is 12.0. The SMILES string of the molecule is CNCCCN(C)S(=O)(=O)NCc1ccccc1Br. The summed E-state index contributed by atoms with van der Waals surface area (Å²) in [5, 5.41) is 2.99. The third kappa shape index (κ3) is 5.58. The topological polar surface area (TPSA) is 61.4 Å². The van der Waals surface area contributed by atoms with Crippen LogP contribution in [0.1, 0.15) is 12.0 Å². The molecule has 0 heterocycles. The van der Waals surface area contributed by atoms with Crippen molar-refractivity contribution >= 4 is 26.1 Å². The fourth-order valence-corrected chi connectivity index (χ4v) is 2.87. The minimum atomic E-state index is -3.42. The van der Waals surface area contributed by atoms with Crippen LogP contribution in [0.5, 0.6) is 0 Å². The van der Waals surface area contributed by atoms with Gasteiger partial charge in [0.1, 0.15) is 0 Å². The van der Waals surface area contributed by atoms with E-state index in [-0.39, 0.29) is 6.54 Å². The van der Waals surface area contributed by atoms with Crippen molar-refractivity contribution in [2.45, 2.75) is 13.0 Å². The zero-order valence-corrected chi connectivity index (χ0v) is 13.6. The molecule has 0 radical (unpaired) electrons. The molecular formula is C12H20BrN3O2S. The molecule has 1 rings (SSSR count). The Kier molecular flexibility index (Phi) is 6.95. The number of hydrogen-bond donors (Lipinski definition) is 2. The van der Waals surface area contributed by atoms with E-state index in [2.05, 4.69) is 26.0 Å². The zero-order valence-electron chi connectivity index (χ0n) is 11.2. The van der Waals surface area contributed by atoms with Gasteiger partial charge in [-0.1, -0.05) is 34.1 Å². The maximum atomic E-state index is 12.0. The molecule has 0 amide bonds. The van der Waals surface area contributed by atoms with Gasteiger partial charge in [0.25, 0.3) is 10.2 Å². The van der Waals surface area contributed by atoms with Crippen molar-refractivity contribution in [3.05, 3.63) is 34.3 Å². The highest BCUT2D eigenvalue weighted by molar-refractivity contribution is 9.10. The van der Waals surface area contributed by atoms with E-state index in [1.165, 1.54) is 4.31 Å². The highest BCUT2D eigenvalue weighted by Gasteiger charge is 2.16. The molecule has 0 spiro atoms. The molecule has 0 saturated carbocycles. The molecule has 1 aromatic carbocycles. The summed E-state index contributed by atoms with van der Waals surface area (Å²) in [6.07, 6.45) is 0.781. The van der Waals surface area contributed by atoms with E-state index in [9.17, 15) is 8.42 Å². The minimum Gasteiger partial charge on any atom is -0.320 e. The number of hydrogen-bond acceptors (Lipinski definition) is 3. The molecule has 2 N–H and O–H groups in total. The van der Waals surface area contributed by atoms with Crippen LogP contribution in [0.4, 0.5) is 0 Å². The number of nitrogens with one attached hydrogen (secondary N) is 2. The van der Waals surface area contributed by atoms with Gasteiger partial charge in [-0.15, -0.1) is 0 Å². The summed E-state index contributed by atoms with van der Waals surface area (Å²) in [4.78, 5) is 0. The smallest absolute Gasteiger partial charge is 0.279 e. The molecule has 0 atom stereocenters. The second kappa shape index (κ2) is 7.96. The van der Waals surface area contributed by atoms with Gasteiger partial charge in [0.15, 0.2) is 0 Å². The average Bonchev–Trinajstić information content (AvgIpc) is 2.38. The predicted octanol–water partition coefficient (Wildman–Crippen LogP) is 1.32. The van der Waals surface area contributed by atoms with Gasteiger partial charge in [-0.25, -0.2) is 0 Å². The van der Waals surface area contributed by atoms with Crippen molar-refractivity contribution in [1.29, 1.82) is 0 Å². The van der Waals surface area contributed by atoms with Crippen molar-refractivity contribution in [2.75, 3.05) is 27.2 Å². The highest BCUT2D eigenvalue weighted by Crippen LogP contribution is 2.15. The molecule has 0 unspecified atom stereocenters. The fourth-order valence-electron chi connectivity index (χ4n) is 1.52. The lowest BCUT2D eigenvalue weighted by molar-refractivity contribution is 0.447. The Morgan fingerprint density at radius 1 is 1.32 bits per heavy atom. The average molecular weight is 350 g/mol. The Bertz CT molecular complexity index is 494. The van der Waals surface area contributed by atoms with Gasteiger partial charge in [0.05, 0.1) is 0 Å². The van der Waals surface area contributed by atoms with Crippen molar-refractivity contribution < 1.29 is 8.42 Å². The fraction of sp³-hybridized carbons (Fsp3) is 0.500. The lowest BCUT2D eigenvalue weighted by Gasteiger charge is -2.17. The lowest BCUT2D eigenvalue weighted by atomic mass is 10.2. The molecule has 0 saturated heterocycles. The third-order valence-electron chi connectivity index (χ3n) is 2.71. The summed E-state index contributed by atoms with van der Waals surface area (Å²) >= 11 is 3.40.